The highest BCUT2D eigenvalue weighted by atomic mass is 14.8. The van der Waals surface area contributed by atoms with Gasteiger partial charge in [0.2, 0.25) is 0 Å². The molecule has 5 aromatic heterocycles. The molecule has 48 heavy (non-hydrogen) atoms. The first-order valence-corrected chi connectivity index (χ1v) is 17.2. The van der Waals surface area contributed by atoms with Crippen LogP contribution in [0, 0.1) is 20.8 Å². The molecule has 0 spiro atoms. The molecule has 0 aromatic carbocycles. The molecule has 0 fully saturated rings. The van der Waals surface area contributed by atoms with Crippen LogP contribution in [0.2, 0.25) is 0 Å². The lowest BCUT2D eigenvalue weighted by molar-refractivity contribution is 0.807. The summed E-state index contributed by atoms with van der Waals surface area (Å²) in [7, 11) is 0. The Morgan fingerprint density at radius 3 is 1.33 bits per heavy atom. The molecule has 0 aliphatic carbocycles. The molecule has 0 radical (unpaired) electrons. The summed E-state index contributed by atoms with van der Waals surface area (Å²) in [6.45, 7) is 27.5. The minimum absolute atomic E-state index is 0.480. The van der Waals surface area contributed by atoms with E-state index in [1.807, 2.05) is 69.1 Å². The minimum atomic E-state index is 0.480. The van der Waals surface area contributed by atoms with Gasteiger partial charge in [0.05, 0.1) is 11.4 Å². The van der Waals surface area contributed by atoms with Crippen molar-refractivity contribution >= 4 is 0 Å². The minimum Gasteiger partial charge on any atom is -0.264 e. The first-order chi connectivity index (χ1) is 22.7. The number of rotatable bonds is 5. The number of pyridine rings is 4. The Labute approximate surface area is 292 Å². The van der Waals surface area contributed by atoms with Crippen molar-refractivity contribution in [1.82, 2.24) is 29.9 Å². The Morgan fingerprint density at radius 2 is 0.958 bits per heavy atom. The summed E-state index contributed by atoms with van der Waals surface area (Å²) in [6.07, 6.45) is 13.0. The fourth-order valence-electron chi connectivity index (χ4n) is 3.78. The zero-order valence-electron chi connectivity index (χ0n) is 31.8. The van der Waals surface area contributed by atoms with Gasteiger partial charge in [-0.15, -0.1) is 0 Å². The molecule has 0 saturated heterocycles. The zero-order chi connectivity index (χ0) is 36.1. The predicted molar refractivity (Wildman–Crippen MR) is 204 cm³/mol. The van der Waals surface area contributed by atoms with Crippen molar-refractivity contribution in [3.8, 4) is 0 Å². The normalized spacial score (nSPS) is 10.3. The second-order valence-electron chi connectivity index (χ2n) is 13.4. The molecule has 6 nitrogen and oxygen atoms in total. The molecule has 5 aromatic rings. The monoisotopic (exact) mass is 648 g/mol. The summed E-state index contributed by atoms with van der Waals surface area (Å²) >= 11 is 0. The molecular weight excluding hydrogens is 589 g/mol. The fourth-order valence-corrected chi connectivity index (χ4v) is 3.78. The van der Waals surface area contributed by atoms with Gasteiger partial charge in [-0.25, -0.2) is 0 Å². The standard InChI is InChI=1S/2C9H13N.C8H12N2.2C8H11N/c1-7(2)9-5-4-8(3)10-6-9;1-7(2)9-5-4-8(3)6-10-9;1-6(2)8-5-9-7(3)4-10-8;1-7(2)8-4-3-5-9-6-8;1-7(2)8-5-3-4-6-9-8/h2*4-7H,1-3H3;4-6H,1-3H3;2*3-7H,1-2H3. The number of hydrogen-bond donors (Lipinski definition) is 0. The van der Waals surface area contributed by atoms with E-state index in [1.54, 1.807) is 12.4 Å². The first kappa shape index (κ1) is 41.7. The average Bonchev–Trinajstić information content (AvgIpc) is 3.07. The van der Waals surface area contributed by atoms with Crippen LogP contribution < -0.4 is 0 Å². The van der Waals surface area contributed by atoms with Crippen molar-refractivity contribution < 1.29 is 0 Å². The summed E-state index contributed by atoms with van der Waals surface area (Å²) in [5.41, 5.74) is 9.30. The molecule has 0 N–H and O–H groups in total. The molecule has 5 rings (SSSR count). The van der Waals surface area contributed by atoms with Crippen LogP contribution in [0.15, 0.2) is 98.0 Å². The van der Waals surface area contributed by atoms with Gasteiger partial charge in [0.25, 0.3) is 0 Å². The molecule has 0 bridgehead atoms. The third-order valence-electron chi connectivity index (χ3n) is 7.15. The van der Waals surface area contributed by atoms with Gasteiger partial charge in [-0.2, -0.15) is 0 Å². The lowest BCUT2D eigenvalue weighted by Gasteiger charge is -2.02. The van der Waals surface area contributed by atoms with Gasteiger partial charge in [-0.1, -0.05) is 93.5 Å². The third-order valence-corrected chi connectivity index (χ3v) is 7.15. The van der Waals surface area contributed by atoms with Gasteiger partial charge in [-0.05, 0) is 97.4 Å². The van der Waals surface area contributed by atoms with Crippen molar-refractivity contribution in [2.24, 2.45) is 0 Å². The predicted octanol–water partition coefficient (Wildman–Crippen LogP) is 11.3. The maximum Gasteiger partial charge on any atom is 0.0612 e. The summed E-state index contributed by atoms with van der Waals surface area (Å²) < 4.78 is 0. The Kier molecular flexibility index (Phi) is 20.1. The van der Waals surface area contributed by atoms with Crippen LogP contribution in [0.25, 0.3) is 0 Å². The van der Waals surface area contributed by atoms with Crippen LogP contribution in [0.1, 0.15) is 144 Å². The highest BCUT2D eigenvalue weighted by Crippen LogP contribution is 2.13. The lowest BCUT2D eigenvalue weighted by Crippen LogP contribution is -1.93. The second-order valence-corrected chi connectivity index (χ2v) is 13.4. The maximum absolute atomic E-state index is 4.28. The van der Waals surface area contributed by atoms with Crippen LogP contribution in [0.4, 0.5) is 0 Å². The van der Waals surface area contributed by atoms with Crippen LogP contribution in [-0.4, -0.2) is 29.9 Å². The van der Waals surface area contributed by atoms with E-state index in [1.165, 1.54) is 22.4 Å². The summed E-state index contributed by atoms with van der Waals surface area (Å²) in [5, 5.41) is 0. The largest absolute Gasteiger partial charge is 0.264 e. The van der Waals surface area contributed by atoms with Gasteiger partial charge in [0.1, 0.15) is 0 Å². The van der Waals surface area contributed by atoms with E-state index < -0.39 is 0 Å². The van der Waals surface area contributed by atoms with E-state index in [9.17, 15) is 0 Å². The topological polar surface area (TPSA) is 77.3 Å². The molecule has 0 aliphatic rings. The molecule has 258 valence electrons. The smallest absolute Gasteiger partial charge is 0.0612 e. The number of aromatic nitrogens is 6. The summed E-state index contributed by atoms with van der Waals surface area (Å²) in [5.74, 6) is 2.76. The Hall–Kier alpha value is -4.32. The number of hydrogen-bond acceptors (Lipinski definition) is 6. The molecular formula is C42H60N6. The Bertz CT molecular complexity index is 1320. The van der Waals surface area contributed by atoms with E-state index in [4.69, 9.17) is 0 Å². The van der Waals surface area contributed by atoms with Crippen LogP contribution in [0.5, 0.6) is 0 Å². The van der Waals surface area contributed by atoms with E-state index in [0.29, 0.717) is 29.6 Å². The summed E-state index contributed by atoms with van der Waals surface area (Å²) in [6, 6.07) is 18.4. The van der Waals surface area contributed by atoms with Crippen molar-refractivity contribution in [3.05, 3.63) is 143 Å². The molecule has 0 atom stereocenters. The van der Waals surface area contributed by atoms with Crippen molar-refractivity contribution in [3.63, 3.8) is 0 Å². The van der Waals surface area contributed by atoms with Gasteiger partial charge < -0.3 is 0 Å². The van der Waals surface area contributed by atoms with E-state index >= 15 is 0 Å². The molecule has 0 saturated carbocycles. The summed E-state index contributed by atoms with van der Waals surface area (Å²) in [4.78, 5) is 25.0. The molecule has 5 heterocycles. The Balaban J connectivity index is 0.000000300. The van der Waals surface area contributed by atoms with Crippen molar-refractivity contribution in [2.45, 2.75) is 120 Å². The molecule has 0 amide bonds. The van der Waals surface area contributed by atoms with Gasteiger partial charge in [-0.3, -0.25) is 29.9 Å². The van der Waals surface area contributed by atoms with Crippen LogP contribution in [0.3, 0.4) is 0 Å². The average molecular weight is 649 g/mol. The number of nitrogens with zero attached hydrogens (tertiary/aromatic N) is 6. The fraction of sp³-hybridized carbons (Fsp3) is 0.429. The molecule has 6 heteroatoms. The quantitative estimate of drug-likeness (QED) is 0.189. The Morgan fingerprint density at radius 1 is 0.375 bits per heavy atom. The lowest BCUT2D eigenvalue weighted by atomic mass is 10.1. The van der Waals surface area contributed by atoms with E-state index in [2.05, 4.69) is 136 Å². The zero-order valence-corrected chi connectivity index (χ0v) is 31.8. The van der Waals surface area contributed by atoms with Crippen LogP contribution in [-0.2, 0) is 0 Å². The van der Waals surface area contributed by atoms with Crippen LogP contribution >= 0.6 is 0 Å². The third kappa shape index (κ3) is 18.1. The maximum atomic E-state index is 4.28. The SMILES string of the molecule is CC(C)c1ccccn1.CC(C)c1cccnc1.Cc1ccc(C(C)C)cn1.Cc1ccc(C(C)C)nc1.Cc1cnc(C(C)C)cn1. The van der Waals surface area contributed by atoms with Gasteiger partial charge in [0, 0.05) is 60.5 Å². The molecule has 0 aliphatic heterocycles. The van der Waals surface area contributed by atoms with Crippen molar-refractivity contribution in [1.29, 1.82) is 0 Å². The second kappa shape index (κ2) is 23.1. The van der Waals surface area contributed by atoms with Gasteiger partial charge in [0.15, 0.2) is 0 Å². The first-order valence-electron chi connectivity index (χ1n) is 17.2. The van der Waals surface area contributed by atoms with E-state index in [0.717, 1.165) is 22.8 Å². The highest BCUT2D eigenvalue weighted by Gasteiger charge is 2.00. The molecule has 0 unspecified atom stereocenters. The number of aryl methyl sites for hydroxylation is 3. The van der Waals surface area contributed by atoms with E-state index in [-0.39, 0.29) is 0 Å². The highest BCUT2D eigenvalue weighted by molar-refractivity contribution is 5.16. The van der Waals surface area contributed by atoms with Gasteiger partial charge >= 0.3 is 0 Å². The van der Waals surface area contributed by atoms with Crippen molar-refractivity contribution in [2.75, 3.05) is 0 Å².